The van der Waals surface area contributed by atoms with E-state index in [0.29, 0.717) is 6.42 Å². The van der Waals surface area contributed by atoms with Crippen LogP contribution in [0.2, 0.25) is 0 Å². The van der Waals surface area contributed by atoms with E-state index in [-0.39, 0.29) is 12.1 Å². The normalized spacial score (nSPS) is 14.8. The molecule has 5 heteroatoms. The lowest BCUT2D eigenvalue weighted by atomic mass is 10.1. The summed E-state index contributed by atoms with van der Waals surface area (Å²) < 4.78 is 1.81. The number of anilines is 1. The maximum absolute atomic E-state index is 9.34. The Balaban J connectivity index is 2.23. The number of rotatable bonds is 4. The minimum atomic E-state index is -0.316. The SMILES string of the molecule is Cc1cc2c(NC(C)CC(C)O)nccn2n1. The first-order valence-corrected chi connectivity index (χ1v) is 5.82. The molecule has 2 heterocycles. The van der Waals surface area contributed by atoms with E-state index in [4.69, 9.17) is 0 Å². The van der Waals surface area contributed by atoms with Crippen molar-refractivity contribution in [2.24, 2.45) is 0 Å². The Bertz CT molecular complexity index is 506. The predicted molar refractivity (Wildman–Crippen MR) is 67.1 cm³/mol. The molecule has 17 heavy (non-hydrogen) atoms. The summed E-state index contributed by atoms with van der Waals surface area (Å²) in [6.07, 6.45) is 3.92. The van der Waals surface area contributed by atoms with Crippen LogP contribution in [0.25, 0.3) is 5.52 Å². The van der Waals surface area contributed by atoms with E-state index < -0.39 is 0 Å². The summed E-state index contributed by atoms with van der Waals surface area (Å²) in [5, 5.41) is 17.0. The highest BCUT2D eigenvalue weighted by Gasteiger charge is 2.10. The van der Waals surface area contributed by atoms with Gasteiger partial charge >= 0.3 is 0 Å². The number of aromatic nitrogens is 3. The molecular formula is C12H18N4O. The molecule has 0 aliphatic rings. The molecule has 2 rings (SSSR count). The second kappa shape index (κ2) is 4.71. The van der Waals surface area contributed by atoms with Gasteiger partial charge in [0.25, 0.3) is 0 Å². The van der Waals surface area contributed by atoms with E-state index in [1.807, 2.05) is 26.1 Å². The maximum Gasteiger partial charge on any atom is 0.152 e. The van der Waals surface area contributed by atoms with Crippen LogP contribution >= 0.6 is 0 Å². The van der Waals surface area contributed by atoms with Crippen molar-refractivity contribution >= 4 is 11.3 Å². The number of fused-ring (bicyclic) bond motifs is 1. The second-order valence-corrected chi connectivity index (χ2v) is 4.52. The number of hydrogen-bond donors (Lipinski definition) is 2. The van der Waals surface area contributed by atoms with Crippen molar-refractivity contribution < 1.29 is 5.11 Å². The zero-order valence-electron chi connectivity index (χ0n) is 10.4. The summed E-state index contributed by atoms with van der Waals surface area (Å²) in [6.45, 7) is 5.77. The number of nitrogens with one attached hydrogen (secondary N) is 1. The second-order valence-electron chi connectivity index (χ2n) is 4.52. The molecule has 0 aromatic carbocycles. The number of aliphatic hydroxyl groups excluding tert-OH is 1. The smallest absolute Gasteiger partial charge is 0.152 e. The summed E-state index contributed by atoms with van der Waals surface area (Å²) in [4.78, 5) is 4.31. The monoisotopic (exact) mass is 234 g/mol. The minimum Gasteiger partial charge on any atom is -0.393 e. The minimum absolute atomic E-state index is 0.170. The molecule has 0 amide bonds. The first-order valence-electron chi connectivity index (χ1n) is 5.82. The van der Waals surface area contributed by atoms with Gasteiger partial charge in [0.15, 0.2) is 5.82 Å². The summed E-state index contributed by atoms with van der Waals surface area (Å²) >= 11 is 0. The fourth-order valence-corrected chi connectivity index (χ4v) is 1.96. The van der Waals surface area contributed by atoms with Gasteiger partial charge in [-0.1, -0.05) is 0 Å². The third-order valence-corrected chi connectivity index (χ3v) is 2.59. The van der Waals surface area contributed by atoms with Crippen LogP contribution in [0.3, 0.4) is 0 Å². The van der Waals surface area contributed by atoms with Crippen LogP contribution in [-0.2, 0) is 0 Å². The molecule has 2 N–H and O–H groups in total. The Morgan fingerprint density at radius 3 is 2.94 bits per heavy atom. The predicted octanol–water partition coefficient (Wildman–Crippen LogP) is 1.61. The molecule has 0 bridgehead atoms. The van der Waals surface area contributed by atoms with Crippen molar-refractivity contribution in [1.82, 2.24) is 14.6 Å². The Morgan fingerprint density at radius 1 is 1.47 bits per heavy atom. The molecule has 2 aromatic heterocycles. The van der Waals surface area contributed by atoms with Gasteiger partial charge in [-0.25, -0.2) is 9.50 Å². The Kier molecular flexibility index (Phi) is 3.28. The van der Waals surface area contributed by atoms with E-state index in [0.717, 1.165) is 17.0 Å². The molecule has 92 valence electrons. The van der Waals surface area contributed by atoms with E-state index in [1.165, 1.54) is 0 Å². The molecule has 0 saturated carbocycles. The van der Waals surface area contributed by atoms with Gasteiger partial charge in [-0.3, -0.25) is 0 Å². The topological polar surface area (TPSA) is 62.5 Å². The van der Waals surface area contributed by atoms with Crippen molar-refractivity contribution in [3.05, 3.63) is 24.2 Å². The van der Waals surface area contributed by atoms with Gasteiger partial charge in [0.05, 0.1) is 11.8 Å². The fourth-order valence-electron chi connectivity index (χ4n) is 1.96. The summed E-state index contributed by atoms with van der Waals surface area (Å²) in [5.41, 5.74) is 1.92. The largest absolute Gasteiger partial charge is 0.393 e. The quantitative estimate of drug-likeness (QED) is 0.843. The van der Waals surface area contributed by atoms with Gasteiger partial charge in [-0.05, 0) is 33.3 Å². The van der Waals surface area contributed by atoms with Crippen molar-refractivity contribution in [1.29, 1.82) is 0 Å². The van der Waals surface area contributed by atoms with Crippen molar-refractivity contribution in [2.45, 2.75) is 39.3 Å². The van der Waals surface area contributed by atoms with E-state index >= 15 is 0 Å². The highest BCUT2D eigenvalue weighted by molar-refractivity contribution is 5.67. The van der Waals surface area contributed by atoms with Gasteiger partial charge in [0.2, 0.25) is 0 Å². The zero-order chi connectivity index (χ0) is 12.4. The molecule has 0 aliphatic heterocycles. The van der Waals surface area contributed by atoms with Crippen LogP contribution in [0.15, 0.2) is 18.5 Å². The Morgan fingerprint density at radius 2 is 2.24 bits per heavy atom. The average molecular weight is 234 g/mol. The highest BCUT2D eigenvalue weighted by atomic mass is 16.3. The van der Waals surface area contributed by atoms with Crippen LogP contribution in [0.1, 0.15) is 26.0 Å². The van der Waals surface area contributed by atoms with Gasteiger partial charge in [0, 0.05) is 18.4 Å². The first-order chi connectivity index (χ1) is 8.06. The number of nitrogens with zero attached hydrogens (tertiary/aromatic N) is 3. The van der Waals surface area contributed by atoms with Crippen molar-refractivity contribution in [3.63, 3.8) is 0 Å². The number of hydrogen-bond acceptors (Lipinski definition) is 4. The maximum atomic E-state index is 9.34. The van der Waals surface area contributed by atoms with E-state index in [2.05, 4.69) is 15.4 Å². The van der Waals surface area contributed by atoms with Crippen LogP contribution in [0.5, 0.6) is 0 Å². The molecule has 0 radical (unpaired) electrons. The van der Waals surface area contributed by atoms with Crippen molar-refractivity contribution in [3.8, 4) is 0 Å². The van der Waals surface area contributed by atoms with Crippen LogP contribution in [0.4, 0.5) is 5.82 Å². The molecule has 0 aliphatic carbocycles. The molecular weight excluding hydrogens is 216 g/mol. The summed E-state index contributed by atoms with van der Waals surface area (Å²) in [6, 6.07) is 2.16. The molecule has 0 spiro atoms. The van der Waals surface area contributed by atoms with E-state index in [9.17, 15) is 5.11 Å². The highest BCUT2D eigenvalue weighted by Crippen LogP contribution is 2.16. The van der Waals surface area contributed by atoms with Gasteiger partial charge < -0.3 is 10.4 Å². The van der Waals surface area contributed by atoms with Gasteiger partial charge in [-0.2, -0.15) is 5.10 Å². The molecule has 0 fully saturated rings. The van der Waals surface area contributed by atoms with Crippen LogP contribution in [-0.4, -0.2) is 31.9 Å². The molecule has 2 atom stereocenters. The van der Waals surface area contributed by atoms with E-state index in [1.54, 1.807) is 17.6 Å². The first kappa shape index (κ1) is 11.9. The number of aryl methyl sites for hydroxylation is 1. The van der Waals surface area contributed by atoms with Crippen LogP contribution < -0.4 is 5.32 Å². The third-order valence-electron chi connectivity index (χ3n) is 2.59. The van der Waals surface area contributed by atoms with Crippen molar-refractivity contribution in [2.75, 3.05) is 5.32 Å². The zero-order valence-corrected chi connectivity index (χ0v) is 10.4. The van der Waals surface area contributed by atoms with Gasteiger partial charge in [0.1, 0.15) is 5.52 Å². The summed E-state index contributed by atoms with van der Waals surface area (Å²) in [5.74, 6) is 0.807. The lowest BCUT2D eigenvalue weighted by Gasteiger charge is -2.16. The third kappa shape index (κ3) is 2.74. The molecule has 0 saturated heterocycles. The average Bonchev–Trinajstić information content (AvgIpc) is 2.58. The lowest BCUT2D eigenvalue weighted by Crippen LogP contribution is -2.21. The molecule has 2 aromatic rings. The lowest BCUT2D eigenvalue weighted by molar-refractivity contribution is 0.179. The fraction of sp³-hybridized carbons (Fsp3) is 0.500. The Labute approximate surface area is 100 Å². The van der Waals surface area contributed by atoms with Gasteiger partial charge in [-0.15, -0.1) is 0 Å². The molecule has 5 nitrogen and oxygen atoms in total. The standard InChI is InChI=1S/C12H18N4O/c1-8(6-10(3)17)14-12-11-7-9(2)15-16(11)5-4-13-12/h4-5,7-8,10,17H,6H2,1-3H3,(H,13,14). The van der Waals surface area contributed by atoms with Crippen LogP contribution in [0, 0.1) is 6.92 Å². The Hall–Kier alpha value is -1.62. The summed E-state index contributed by atoms with van der Waals surface area (Å²) in [7, 11) is 0. The number of aliphatic hydroxyl groups is 1. The molecule has 2 unspecified atom stereocenters.